The fourth-order valence-electron chi connectivity index (χ4n) is 3.10. The lowest BCUT2D eigenvalue weighted by Crippen LogP contribution is -2.15. The molecule has 2 aromatic carbocycles. The fraction of sp³-hybridized carbons (Fsp3) is 0.190. The lowest BCUT2D eigenvalue weighted by molar-refractivity contribution is 0.421. The number of aliphatic imine (C=N–C) groups is 1. The van der Waals surface area contributed by atoms with Crippen LogP contribution in [0.25, 0.3) is 33.3 Å². The first kappa shape index (κ1) is 17.2. The van der Waals surface area contributed by atoms with Crippen LogP contribution in [0.5, 0.6) is 0 Å². The third kappa shape index (κ3) is 3.39. The van der Waals surface area contributed by atoms with E-state index in [4.69, 9.17) is 0 Å². The Balaban J connectivity index is 1.86. The zero-order valence-electron chi connectivity index (χ0n) is 15.4. The normalized spacial score (nSPS) is 12.0. The Hall–Kier alpha value is -3.25. The van der Waals surface area contributed by atoms with E-state index in [1.54, 1.807) is 6.07 Å². The van der Waals surface area contributed by atoms with Crippen molar-refractivity contribution in [3.63, 3.8) is 0 Å². The minimum atomic E-state index is -0.148. The topological polar surface area (TPSA) is 77.1 Å². The highest BCUT2D eigenvalue weighted by atomic mass is 16.1. The molecule has 0 aliphatic carbocycles. The monoisotopic (exact) mass is 359 g/mol. The highest BCUT2D eigenvalue weighted by Crippen LogP contribution is 2.27. The predicted molar refractivity (Wildman–Crippen MR) is 111 cm³/mol. The second kappa shape index (κ2) is 7.17. The molecule has 4 rings (SSSR count). The molecule has 6 heteroatoms. The Morgan fingerprint density at radius 2 is 1.78 bits per heavy atom. The smallest absolute Gasteiger partial charge is 0.259 e. The summed E-state index contributed by atoms with van der Waals surface area (Å²) in [6.45, 7) is 1.58. The van der Waals surface area contributed by atoms with Crippen molar-refractivity contribution in [3.8, 4) is 11.5 Å². The van der Waals surface area contributed by atoms with Crippen molar-refractivity contribution in [3.05, 3.63) is 64.4 Å². The van der Waals surface area contributed by atoms with Gasteiger partial charge in [-0.15, -0.1) is 0 Å². The Morgan fingerprint density at radius 3 is 2.59 bits per heavy atom. The predicted octanol–water partition coefficient (Wildman–Crippen LogP) is 3.05. The van der Waals surface area contributed by atoms with E-state index in [0.717, 1.165) is 28.7 Å². The van der Waals surface area contributed by atoms with Gasteiger partial charge in [-0.3, -0.25) is 9.79 Å². The van der Waals surface area contributed by atoms with E-state index >= 15 is 0 Å². The summed E-state index contributed by atoms with van der Waals surface area (Å²) in [5.74, 6) is 0.518. The van der Waals surface area contributed by atoms with Crippen molar-refractivity contribution in [1.82, 2.24) is 19.9 Å². The van der Waals surface area contributed by atoms with E-state index < -0.39 is 0 Å². The number of nitrogens with one attached hydrogen (secondary N) is 2. The molecule has 2 aromatic heterocycles. The Bertz CT molecular complexity index is 1190. The summed E-state index contributed by atoms with van der Waals surface area (Å²) >= 11 is 0. The van der Waals surface area contributed by atoms with Crippen LogP contribution in [0.1, 0.15) is 5.56 Å². The molecule has 0 unspecified atom stereocenters. The molecule has 0 fully saturated rings. The molecule has 0 spiro atoms. The van der Waals surface area contributed by atoms with Crippen LogP contribution in [0.2, 0.25) is 0 Å². The van der Waals surface area contributed by atoms with Gasteiger partial charge in [0.05, 0.1) is 23.1 Å². The molecule has 6 nitrogen and oxygen atoms in total. The van der Waals surface area contributed by atoms with Crippen LogP contribution in [-0.4, -0.2) is 53.3 Å². The molecule has 0 aliphatic rings. The van der Waals surface area contributed by atoms with E-state index in [0.29, 0.717) is 23.3 Å². The summed E-state index contributed by atoms with van der Waals surface area (Å²) in [5.41, 5.74) is 3.21. The molecule has 27 heavy (non-hydrogen) atoms. The summed E-state index contributed by atoms with van der Waals surface area (Å²) in [6.07, 6.45) is 1.87. The molecule has 2 heterocycles. The molecule has 136 valence electrons. The van der Waals surface area contributed by atoms with Crippen LogP contribution in [-0.2, 0) is 0 Å². The second-order valence-corrected chi connectivity index (χ2v) is 6.73. The average Bonchev–Trinajstić information content (AvgIpc) is 3.04. The average molecular weight is 359 g/mol. The highest BCUT2D eigenvalue weighted by Gasteiger charge is 2.14. The summed E-state index contributed by atoms with van der Waals surface area (Å²) in [5, 5.41) is 1.63. The number of para-hydroxylation sites is 2. The van der Waals surface area contributed by atoms with Crippen molar-refractivity contribution in [2.24, 2.45) is 4.99 Å². The first-order valence-corrected chi connectivity index (χ1v) is 8.88. The van der Waals surface area contributed by atoms with Gasteiger partial charge in [-0.25, -0.2) is 4.98 Å². The van der Waals surface area contributed by atoms with Gasteiger partial charge < -0.3 is 14.9 Å². The largest absolute Gasteiger partial charge is 0.351 e. The number of benzene rings is 2. The number of H-pyrrole nitrogens is 2. The lowest BCUT2D eigenvalue weighted by atomic mass is 10.1. The van der Waals surface area contributed by atoms with E-state index in [1.165, 1.54) is 0 Å². The van der Waals surface area contributed by atoms with Crippen LogP contribution in [0.15, 0.2) is 58.3 Å². The highest BCUT2D eigenvalue weighted by molar-refractivity contribution is 6.05. The van der Waals surface area contributed by atoms with Crippen LogP contribution in [0, 0.1) is 0 Å². The van der Waals surface area contributed by atoms with Gasteiger partial charge >= 0.3 is 0 Å². The van der Waals surface area contributed by atoms with Crippen molar-refractivity contribution in [2.75, 3.05) is 27.2 Å². The Kier molecular flexibility index (Phi) is 4.56. The van der Waals surface area contributed by atoms with Gasteiger partial charge in [0.25, 0.3) is 5.56 Å². The zero-order chi connectivity index (χ0) is 18.8. The molecular weight excluding hydrogens is 338 g/mol. The van der Waals surface area contributed by atoms with E-state index in [1.807, 2.05) is 62.8 Å². The number of likely N-dealkylation sites (N-methyl/N-ethyl adjacent to an activating group) is 1. The Labute approximate surface area is 156 Å². The number of aromatic amines is 2. The molecule has 0 amide bonds. The van der Waals surface area contributed by atoms with Gasteiger partial charge in [0, 0.05) is 29.2 Å². The molecule has 0 saturated carbocycles. The molecule has 2 N–H and O–H groups in total. The maximum atomic E-state index is 12.5. The van der Waals surface area contributed by atoms with Gasteiger partial charge in [-0.05, 0) is 32.3 Å². The van der Waals surface area contributed by atoms with E-state index in [2.05, 4.69) is 24.8 Å². The SMILES string of the molecule is CN(C)CCN=Cc1c(-c2nc3ccccc3c(=O)[nH]2)[nH]c2ccccc12. The maximum absolute atomic E-state index is 12.5. The molecule has 0 atom stereocenters. The third-order valence-electron chi connectivity index (χ3n) is 4.49. The van der Waals surface area contributed by atoms with Crippen molar-refractivity contribution in [2.45, 2.75) is 0 Å². The summed E-state index contributed by atoms with van der Waals surface area (Å²) < 4.78 is 0. The second-order valence-electron chi connectivity index (χ2n) is 6.73. The van der Waals surface area contributed by atoms with Gasteiger partial charge in [0.15, 0.2) is 5.82 Å². The van der Waals surface area contributed by atoms with Crippen LogP contribution < -0.4 is 5.56 Å². The summed E-state index contributed by atoms with van der Waals surface area (Å²) in [4.78, 5) is 30.1. The van der Waals surface area contributed by atoms with Gasteiger partial charge in [-0.2, -0.15) is 0 Å². The van der Waals surface area contributed by atoms with Crippen LogP contribution >= 0.6 is 0 Å². The number of hydrogen-bond donors (Lipinski definition) is 2. The first-order valence-electron chi connectivity index (χ1n) is 8.88. The van der Waals surface area contributed by atoms with Crippen molar-refractivity contribution >= 4 is 28.0 Å². The third-order valence-corrected chi connectivity index (χ3v) is 4.49. The van der Waals surface area contributed by atoms with E-state index in [9.17, 15) is 4.79 Å². The lowest BCUT2D eigenvalue weighted by Gasteiger charge is -2.06. The van der Waals surface area contributed by atoms with Crippen molar-refractivity contribution in [1.29, 1.82) is 0 Å². The number of hydrogen-bond acceptors (Lipinski definition) is 4. The number of fused-ring (bicyclic) bond motifs is 2. The molecule has 4 aromatic rings. The van der Waals surface area contributed by atoms with Crippen LogP contribution in [0.4, 0.5) is 0 Å². The standard InChI is InChI=1S/C21H21N5O/c1-26(2)12-11-22-13-16-14-7-3-5-9-17(14)23-19(16)20-24-18-10-6-4-8-15(18)21(27)25-20/h3-10,13,23H,11-12H2,1-2H3,(H,24,25,27). The quantitative estimate of drug-likeness (QED) is 0.538. The number of aromatic nitrogens is 3. The molecular formula is C21H21N5O. The maximum Gasteiger partial charge on any atom is 0.259 e. The zero-order valence-corrected chi connectivity index (χ0v) is 15.4. The summed E-state index contributed by atoms with van der Waals surface area (Å²) in [7, 11) is 4.05. The molecule has 0 aliphatic heterocycles. The van der Waals surface area contributed by atoms with Crippen molar-refractivity contribution < 1.29 is 0 Å². The number of rotatable bonds is 5. The van der Waals surface area contributed by atoms with Gasteiger partial charge in [0.1, 0.15) is 0 Å². The first-order chi connectivity index (χ1) is 13.1. The fourth-order valence-corrected chi connectivity index (χ4v) is 3.10. The van der Waals surface area contributed by atoms with Gasteiger partial charge in [-0.1, -0.05) is 30.3 Å². The molecule has 0 radical (unpaired) electrons. The Morgan fingerprint density at radius 1 is 1.04 bits per heavy atom. The van der Waals surface area contributed by atoms with Crippen LogP contribution in [0.3, 0.4) is 0 Å². The minimum absolute atomic E-state index is 0.148. The van der Waals surface area contributed by atoms with E-state index in [-0.39, 0.29) is 5.56 Å². The van der Waals surface area contributed by atoms with Gasteiger partial charge in [0.2, 0.25) is 0 Å². The molecule has 0 bridgehead atoms. The number of nitrogens with zero attached hydrogens (tertiary/aromatic N) is 3. The summed E-state index contributed by atoms with van der Waals surface area (Å²) in [6, 6.07) is 15.4. The minimum Gasteiger partial charge on any atom is -0.351 e. The molecule has 0 saturated heterocycles.